The van der Waals surface area contributed by atoms with Crippen molar-refractivity contribution in [3.05, 3.63) is 0 Å². The fraction of sp³-hybridized carbons (Fsp3) is 0.900. The van der Waals surface area contributed by atoms with Crippen LogP contribution in [0, 0.1) is 0 Å². The summed E-state index contributed by atoms with van der Waals surface area (Å²) in [5.74, 6) is 0. The van der Waals surface area contributed by atoms with Crippen molar-refractivity contribution in [3.63, 3.8) is 0 Å². The van der Waals surface area contributed by atoms with Gasteiger partial charge in [-0.2, -0.15) is 5.48 Å². The lowest BCUT2D eigenvalue weighted by molar-refractivity contribution is -0.191. The van der Waals surface area contributed by atoms with E-state index in [-0.39, 0.29) is 6.29 Å². The third kappa shape index (κ3) is 5.59. The minimum atomic E-state index is -0.586. The normalized spacial score (nSPS) is 22.2. The third-order valence-electron chi connectivity index (χ3n) is 1.81. The molecule has 1 saturated heterocycles. The van der Waals surface area contributed by atoms with E-state index in [4.69, 9.17) is 14.3 Å². The van der Waals surface area contributed by atoms with E-state index in [1.54, 1.807) is 20.8 Å². The second kappa shape index (κ2) is 5.32. The maximum absolute atomic E-state index is 11.2. The lowest BCUT2D eigenvalue weighted by Gasteiger charge is -2.24. The van der Waals surface area contributed by atoms with Gasteiger partial charge in [-0.1, -0.05) is 0 Å². The van der Waals surface area contributed by atoms with Crippen molar-refractivity contribution in [2.24, 2.45) is 0 Å². The Morgan fingerprint density at radius 3 is 2.67 bits per heavy atom. The van der Waals surface area contributed by atoms with Crippen LogP contribution in [0.1, 0.15) is 40.0 Å². The molecule has 1 heterocycles. The fourth-order valence-corrected chi connectivity index (χ4v) is 1.22. The Morgan fingerprint density at radius 1 is 1.40 bits per heavy atom. The van der Waals surface area contributed by atoms with E-state index in [0.29, 0.717) is 6.61 Å². The summed E-state index contributed by atoms with van der Waals surface area (Å²) in [6, 6.07) is 0. The lowest BCUT2D eigenvalue weighted by atomic mass is 10.2. The molecule has 1 unspecified atom stereocenters. The molecule has 0 saturated carbocycles. The average Bonchev–Trinajstić information content (AvgIpc) is 2.14. The number of nitrogens with one attached hydrogen (secondary N) is 1. The second-order valence-electron chi connectivity index (χ2n) is 4.52. The fourth-order valence-electron chi connectivity index (χ4n) is 1.22. The van der Waals surface area contributed by atoms with Crippen LogP contribution < -0.4 is 5.48 Å². The Labute approximate surface area is 90.0 Å². The largest absolute Gasteiger partial charge is 0.442 e. The molecule has 1 aliphatic heterocycles. The molecule has 1 rings (SSSR count). The van der Waals surface area contributed by atoms with Gasteiger partial charge in [0.1, 0.15) is 5.60 Å². The standard InChI is InChI=1S/C10H19NO4/c1-10(2,3)14-9(12)11-15-8-6-4-5-7-13-8/h8H,4-7H2,1-3H3,(H,11,12). The van der Waals surface area contributed by atoms with Gasteiger partial charge in [0.15, 0.2) is 6.29 Å². The molecule has 0 aromatic rings. The SMILES string of the molecule is CC(C)(C)OC(=O)NOC1CCCCO1. The number of hydrogen-bond acceptors (Lipinski definition) is 4. The van der Waals surface area contributed by atoms with E-state index < -0.39 is 11.7 Å². The van der Waals surface area contributed by atoms with Gasteiger partial charge in [0, 0.05) is 13.0 Å². The van der Waals surface area contributed by atoms with Crippen LogP contribution in [0.15, 0.2) is 0 Å². The van der Waals surface area contributed by atoms with Gasteiger partial charge in [-0.3, -0.25) is 0 Å². The van der Waals surface area contributed by atoms with Crippen molar-refractivity contribution in [1.29, 1.82) is 0 Å². The Morgan fingerprint density at radius 2 is 2.13 bits per heavy atom. The van der Waals surface area contributed by atoms with Crippen molar-refractivity contribution in [2.75, 3.05) is 6.61 Å². The van der Waals surface area contributed by atoms with E-state index in [0.717, 1.165) is 19.3 Å². The number of carbonyl (C=O) groups is 1. The summed E-state index contributed by atoms with van der Waals surface area (Å²) in [6.45, 7) is 6.07. The number of ether oxygens (including phenoxy) is 2. The predicted octanol–water partition coefficient (Wildman–Crippen LogP) is 1.97. The molecule has 0 aromatic carbocycles. The summed E-state index contributed by atoms with van der Waals surface area (Å²) in [4.78, 5) is 16.2. The first-order valence-electron chi connectivity index (χ1n) is 5.23. The molecular formula is C10H19NO4. The van der Waals surface area contributed by atoms with Crippen LogP contribution in [0.25, 0.3) is 0 Å². The van der Waals surface area contributed by atoms with Gasteiger partial charge < -0.3 is 9.47 Å². The van der Waals surface area contributed by atoms with Gasteiger partial charge in [0.05, 0.1) is 0 Å². The quantitative estimate of drug-likeness (QED) is 0.718. The Kier molecular flexibility index (Phi) is 4.35. The zero-order valence-corrected chi connectivity index (χ0v) is 9.54. The second-order valence-corrected chi connectivity index (χ2v) is 4.52. The van der Waals surface area contributed by atoms with Crippen LogP contribution in [0.3, 0.4) is 0 Å². The van der Waals surface area contributed by atoms with Crippen LogP contribution in [0.2, 0.25) is 0 Å². The van der Waals surface area contributed by atoms with Crippen molar-refractivity contribution in [1.82, 2.24) is 5.48 Å². The lowest BCUT2D eigenvalue weighted by Crippen LogP contribution is -2.37. The molecule has 1 aliphatic rings. The number of rotatable bonds is 2. The first kappa shape index (κ1) is 12.3. The first-order chi connectivity index (χ1) is 6.97. The van der Waals surface area contributed by atoms with Gasteiger partial charge in [-0.05, 0) is 33.6 Å². The number of carbonyl (C=O) groups excluding carboxylic acids is 1. The molecule has 1 N–H and O–H groups in total. The van der Waals surface area contributed by atoms with Crippen molar-refractivity contribution >= 4 is 6.09 Å². The number of amides is 1. The molecule has 5 nitrogen and oxygen atoms in total. The molecule has 1 fully saturated rings. The number of hydrogen-bond donors (Lipinski definition) is 1. The Balaban J connectivity index is 2.15. The molecule has 5 heteroatoms. The maximum atomic E-state index is 11.2. The molecule has 0 bridgehead atoms. The summed E-state index contributed by atoms with van der Waals surface area (Å²) in [5, 5.41) is 0. The van der Waals surface area contributed by atoms with E-state index >= 15 is 0 Å². The van der Waals surface area contributed by atoms with E-state index in [2.05, 4.69) is 5.48 Å². The van der Waals surface area contributed by atoms with Gasteiger partial charge in [-0.15, -0.1) is 0 Å². The summed E-state index contributed by atoms with van der Waals surface area (Å²) in [5.41, 5.74) is 1.71. The van der Waals surface area contributed by atoms with E-state index in [1.807, 2.05) is 0 Å². The zero-order chi connectivity index (χ0) is 11.3. The molecule has 15 heavy (non-hydrogen) atoms. The molecule has 0 radical (unpaired) electrons. The molecule has 1 atom stereocenters. The first-order valence-corrected chi connectivity index (χ1v) is 5.23. The van der Waals surface area contributed by atoms with Gasteiger partial charge in [0.25, 0.3) is 0 Å². The molecule has 88 valence electrons. The molecule has 1 amide bonds. The van der Waals surface area contributed by atoms with Gasteiger partial charge in [-0.25, -0.2) is 9.63 Å². The van der Waals surface area contributed by atoms with E-state index in [1.165, 1.54) is 0 Å². The van der Waals surface area contributed by atoms with Crippen LogP contribution in [0.4, 0.5) is 4.79 Å². The van der Waals surface area contributed by atoms with Crippen molar-refractivity contribution in [3.8, 4) is 0 Å². The Bertz CT molecular complexity index is 206. The van der Waals surface area contributed by atoms with Crippen LogP contribution in [-0.4, -0.2) is 24.6 Å². The summed E-state index contributed by atoms with van der Waals surface area (Å²) in [6.07, 6.45) is 1.98. The highest BCUT2D eigenvalue weighted by Gasteiger charge is 2.19. The molecular weight excluding hydrogens is 198 g/mol. The monoisotopic (exact) mass is 217 g/mol. The highest BCUT2D eigenvalue weighted by molar-refractivity contribution is 5.66. The van der Waals surface area contributed by atoms with Crippen LogP contribution in [0.5, 0.6) is 0 Å². The summed E-state index contributed by atoms with van der Waals surface area (Å²) < 4.78 is 10.3. The summed E-state index contributed by atoms with van der Waals surface area (Å²) >= 11 is 0. The topological polar surface area (TPSA) is 56.8 Å². The third-order valence-corrected chi connectivity index (χ3v) is 1.81. The highest BCUT2D eigenvalue weighted by Crippen LogP contribution is 2.13. The van der Waals surface area contributed by atoms with Crippen molar-refractivity contribution in [2.45, 2.75) is 51.9 Å². The average molecular weight is 217 g/mol. The van der Waals surface area contributed by atoms with Gasteiger partial charge >= 0.3 is 6.09 Å². The minimum Gasteiger partial charge on any atom is -0.442 e. The minimum absolute atomic E-state index is 0.341. The van der Waals surface area contributed by atoms with Crippen molar-refractivity contribution < 1.29 is 19.1 Å². The molecule has 0 aliphatic carbocycles. The highest BCUT2D eigenvalue weighted by atomic mass is 16.8. The maximum Gasteiger partial charge on any atom is 0.431 e. The van der Waals surface area contributed by atoms with Crippen LogP contribution >= 0.6 is 0 Å². The van der Waals surface area contributed by atoms with Crippen LogP contribution in [-0.2, 0) is 14.3 Å². The predicted molar refractivity (Wildman–Crippen MR) is 54.0 cm³/mol. The zero-order valence-electron chi connectivity index (χ0n) is 9.54. The molecule has 0 aromatic heterocycles. The Hall–Kier alpha value is -0.810. The van der Waals surface area contributed by atoms with E-state index in [9.17, 15) is 4.79 Å². The van der Waals surface area contributed by atoms with Gasteiger partial charge in [0.2, 0.25) is 0 Å². The molecule has 0 spiro atoms. The summed E-state index contributed by atoms with van der Waals surface area (Å²) in [7, 11) is 0. The number of hydroxylamine groups is 1. The smallest absolute Gasteiger partial charge is 0.431 e.